The topological polar surface area (TPSA) is 94.8 Å². The number of fused-ring (bicyclic) bond motifs is 1. The Kier molecular flexibility index (Phi) is 7.80. The molecule has 1 heterocycles. The number of benzene rings is 3. The Bertz CT molecular complexity index is 1410. The Morgan fingerprint density at radius 1 is 0.972 bits per heavy atom. The lowest BCUT2D eigenvalue weighted by Crippen LogP contribution is -2.36. The predicted octanol–water partition coefficient (Wildman–Crippen LogP) is 5.63. The minimum absolute atomic E-state index is 0.0616. The van der Waals surface area contributed by atoms with Crippen molar-refractivity contribution in [1.82, 2.24) is 5.32 Å². The summed E-state index contributed by atoms with van der Waals surface area (Å²) in [5.41, 5.74) is 2.69. The van der Waals surface area contributed by atoms with Crippen LogP contribution in [0.1, 0.15) is 41.6 Å². The maximum atomic E-state index is 13.3. The number of aryl methyl sites for hydroxylation is 2. The summed E-state index contributed by atoms with van der Waals surface area (Å²) in [7, 11) is 0. The number of rotatable bonds is 8. The molecule has 0 fully saturated rings. The fourth-order valence-electron chi connectivity index (χ4n) is 3.97. The molecule has 7 heteroatoms. The molecule has 184 valence electrons. The second kappa shape index (κ2) is 11.4. The van der Waals surface area contributed by atoms with Gasteiger partial charge in [-0.3, -0.25) is 0 Å². The SMILES string of the molecule is CCCc1cc(=O)oc2c(C)c(OC(=O)[C@H](NC(=O)OCc3ccccc3)c3ccccc3)ccc12. The molecule has 0 aliphatic rings. The van der Waals surface area contributed by atoms with Crippen LogP contribution in [0.25, 0.3) is 11.0 Å². The average molecular weight is 486 g/mol. The molecule has 0 spiro atoms. The number of carbonyl (C=O) groups excluding carboxylic acids is 2. The van der Waals surface area contributed by atoms with Crippen molar-refractivity contribution in [3.8, 4) is 5.75 Å². The van der Waals surface area contributed by atoms with E-state index in [-0.39, 0.29) is 12.4 Å². The summed E-state index contributed by atoms with van der Waals surface area (Å²) in [6, 6.07) is 21.8. The lowest BCUT2D eigenvalue weighted by Gasteiger charge is -2.19. The number of alkyl carbamates (subject to hydrolysis) is 1. The highest BCUT2D eigenvalue weighted by Gasteiger charge is 2.26. The van der Waals surface area contributed by atoms with Gasteiger partial charge in [0, 0.05) is 17.0 Å². The van der Waals surface area contributed by atoms with Gasteiger partial charge in [-0.1, -0.05) is 74.0 Å². The largest absolute Gasteiger partial charge is 0.445 e. The van der Waals surface area contributed by atoms with E-state index in [1.54, 1.807) is 43.3 Å². The molecule has 0 unspecified atom stereocenters. The second-order valence-corrected chi connectivity index (χ2v) is 8.38. The zero-order chi connectivity index (χ0) is 25.5. The van der Waals surface area contributed by atoms with Gasteiger partial charge in [-0.25, -0.2) is 14.4 Å². The van der Waals surface area contributed by atoms with Crippen LogP contribution in [0.2, 0.25) is 0 Å². The van der Waals surface area contributed by atoms with Gasteiger partial charge in [-0.2, -0.15) is 0 Å². The smallest absolute Gasteiger partial charge is 0.408 e. The number of nitrogens with one attached hydrogen (secondary N) is 1. The minimum atomic E-state index is -1.11. The van der Waals surface area contributed by atoms with Crippen LogP contribution in [-0.2, 0) is 22.6 Å². The normalized spacial score (nSPS) is 11.6. The first-order chi connectivity index (χ1) is 17.5. The van der Waals surface area contributed by atoms with Crippen LogP contribution < -0.4 is 15.7 Å². The highest BCUT2D eigenvalue weighted by Crippen LogP contribution is 2.30. The molecule has 7 nitrogen and oxygen atoms in total. The van der Waals surface area contributed by atoms with E-state index in [4.69, 9.17) is 13.9 Å². The van der Waals surface area contributed by atoms with Crippen LogP contribution in [0.15, 0.2) is 88.1 Å². The molecule has 0 aliphatic heterocycles. The molecule has 36 heavy (non-hydrogen) atoms. The maximum absolute atomic E-state index is 13.3. The van der Waals surface area contributed by atoms with Crippen molar-refractivity contribution in [3.05, 3.63) is 112 Å². The fraction of sp³-hybridized carbons (Fsp3) is 0.207. The minimum Gasteiger partial charge on any atom is -0.445 e. The number of ether oxygens (including phenoxy) is 2. The number of hydrogen-bond acceptors (Lipinski definition) is 6. The van der Waals surface area contributed by atoms with E-state index in [0.29, 0.717) is 16.7 Å². The summed E-state index contributed by atoms with van der Waals surface area (Å²) < 4.78 is 16.5. The monoisotopic (exact) mass is 485 g/mol. The molecule has 1 aromatic heterocycles. The quantitative estimate of drug-likeness (QED) is 0.198. The molecule has 0 saturated carbocycles. The molecular weight excluding hydrogens is 458 g/mol. The Morgan fingerprint density at radius 2 is 1.67 bits per heavy atom. The maximum Gasteiger partial charge on any atom is 0.408 e. The fourth-order valence-corrected chi connectivity index (χ4v) is 3.97. The summed E-state index contributed by atoms with van der Waals surface area (Å²) >= 11 is 0. The second-order valence-electron chi connectivity index (χ2n) is 8.38. The van der Waals surface area contributed by atoms with Gasteiger partial charge >= 0.3 is 17.7 Å². The van der Waals surface area contributed by atoms with Crippen molar-refractivity contribution < 1.29 is 23.5 Å². The summed E-state index contributed by atoms with van der Waals surface area (Å²) in [5, 5.41) is 3.41. The molecule has 0 bridgehead atoms. The van der Waals surface area contributed by atoms with Gasteiger partial charge in [0.05, 0.1) is 0 Å². The number of esters is 1. The highest BCUT2D eigenvalue weighted by molar-refractivity contribution is 5.88. The average Bonchev–Trinajstić information content (AvgIpc) is 2.89. The van der Waals surface area contributed by atoms with Crippen LogP contribution in [0.5, 0.6) is 5.75 Å². The Hall–Kier alpha value is -4.39. The Morgan fingerprint density at radius 3 is 2.36 bits per heavy atom. The number of carbonyl (C=O) groups is 2. The molecule has 0 aliphatic carbocycles. The predicted molar refractivity (Wildman–Crippen MR) is 136 cm³/mol. The van der Waals surface area contributed by atoms with Gasteiger partial charge in [-0.05, 0) is 42.2 Å². The number of hydrogen-bond donors (Lipinski definition) is 1. The molecule has 4 aromatic rings. The van der Waals surface area contributed by atoms with Gasteiger partial charge in [0.1, 0.15) is 17.9 Å². The van der Waals surface area contributed by atoms with Gasteiger partial charge in [0.2, 0.25) is 0 Å². The van der Waals surface area contributed by atoms with Crippen molar-refractivity contribution >= 4 is 23.0 Å². The first-order valence-corrected chi connectivity index (χ1v) is 11.8. The zero-order valence-corrected chi connectivity index (χ0v) is 20.2. The molecule has 1 atom stereocenters. The van der Waals surface area contributed by atoms with Crippen molar-refractivity contribution in [2.75, 3.05) is 0 Å². The summed E-state index contributed by atoms with van der Waals surface area (Å²) in [4.78, 5) is 37.9. The summed E-state index contributed by atoms with van der Waals surface area (Å²) in [6.45, 7) is 3.82. The third-order valence-electron chi connectivity index (χ3n) is 5.77. The van der Waals surface area contributed by atoms with Gasteiger partial charge in [-0.15, -0.1) is 0 Å². The van der Waals surface area contributed by atoms with Crippen molar-refractivity contribution in [1.29, 1.82) is 0 Å². The zero-order valence-electron chi connectivity index (χ0n) is 20.2. The van der Waals surface area contributed by atoms with Crippen LogP contribution >= 0.6 is 0 Å². The molecule has 0 radical (unpaired) electrons. The van der Waals surface area contributed by atoms with E-state index in [1.165, 1.54) is 6.07 Å². The van der Waals surface area contributed by atoms with E-state index >= 15 is 0 Å². The molecular formula is C29H27NO6. The van der Waals surface area contributed by atoms with Crippen LogP contribution in [0, 0.1) is 6.92 Å². The third-order valence-corrected chi connectivity index (χ3v) is 5.77. The molecule has 4 rings (SSSR count). The van der Waals surface area contributed by atoms with Crippen LogP contribution in [-0.4, -0.2) is 12.1 Å². The summed E-state index contributed by atoms with van der Waals surface area (Å²) in [6.07, 6.45) is 0.848. The van der Waals surface area contributed by atoms with Gasteiger partial charge in [0.15, 0.2) is 6.04 Å². The van der Waals surface area contributed by atoms with Gasteiger partial charge < -0.3 is 19.2 Å². The van der Waals surface area contributed by atoms with E-state index in [1.807, 2.05) is 43.3 Å². The molecule has 3 aromatic carbocycles. The Balaban J connectivity index is 1.57. The first kappa shape index (κ1) is 24.7. The van der Waals surface area contributed by atoms with Crippen LogP contribution in [0.4, 0.5) is 4.79 Å². The van der Waals surface area contributed by atoms with Crippen molar-refractivity contribution in [3.63, 3.8) is 0 Å². The molecule has 1 amide bonds. The van der Waals surface area contributed by atoms with E-state index < -0.39 is 23.7 Å². The lowest BCUT2D eigenvalue weighted by molar-refractivity contribution is -0.136. The van der Waals surface area contributed by atoms with Crippen LogP contribution in [0.3, 0.4) is 0 Å². The highest BCUT2D eigenvalue weighted by atomic mass is 16.6. The van der Waals surface area contributed by atoms with Crippen molar-refractivity contribution in [2.24, 2.45) is 0 Å². The van der Waals surface area contributed by atoms with E-state index in [2.05, 4.69) is 5.32 Å². The Labute approximate surface area is 208 Å². The lowest BCUT2D eigenvalue weighted by atomic mass is 10.0. The van der Waals surface area contributed by atoms with Crippen molar-refractivity contribution in [2.45, 2.75) is 39.3 Å². The molecule has 1 N–H and O–H groups in total. The summed E-state index contributed by atoms with van der Waals surface area (Å²) in [5.74, 6) is -0.461. The third kappa shape index (κ3) is 5.81. The van der Waals surface area contributed by atoms with E-state index in [0.717, 1.165) is 29.4 Å². The standard InChI is InChI=1S/C29H27NO6/c1-3-10-22-17-25(31)36-27-19(2)24(16-15-23(22)27)35-28(32)26(21-13-8-5-9-14-21)30-29(33)34-18-20-11-6-4-7-12-20/h4-9,11-17,26H,3,10,18H2,1-2H3,(H,30,33)/t26-/m1/s1. The van der Waals surface area contributed by atoms with Gasteiger partial charge in [0.25, 0.3) is 0 Å². The molecule has 0 saturated heterocycles. The number of amides is 1. The van der Waals surface area contributed by atoms with E-state index in [9.17, 15) is 14.4 Å². The first-order valence-electron chi connectivity index (χ1n) is 11.8.